The number of aryl methyl sites for hydroxylation is 1. The van der Waals surface area contributed by atoms with Gasteiger partial charge in [0, 0.05) is 22.6 Å². The van der Waals surface area contributed by atoms with E-state index in [4.69, 9.17) is 11.6 Å². The Balaban J connectivity index is 1.42. The average Bonchev–Trinajstić information content (AvgIpc) is 3.10. The molecule has 0 fully saturated rings. The van der Waals surface area contributed by atoms with E-state index < -0.39 is 0 Å². The molecule has 0 saturated carbocycles. The molecule has 6 nitrogen and oxygen atoms in total. The third-order valence-corrected chi connectivity index (χ3v) is 5.10. The van der Waals surface area contributed by atoms with Gasteiger partial charge in [0.15, 0.2) is 5.13 Å². The van der Waals surface area contributed by atoms with E-state index in [1.165, 1.54) is 11.3 Å². The van der Waals surface area contributed by atoms with E-state index in [9.17, 15) is 9.59 Å². The molecule has 3 aromatic rings. The third-order valence-electron chi connectivity index (χ3n) is 4.04. The van der Waals surface area contributed by atoms with Gasteiger partial charge in [-0.1, -0.05) is 35.9 Å². The van der Waals surface area contributed by atoms with Gasteiger partial charge in [0.2, 0.25) is 5.91 Å². The van der Waals surface area contributed by atoms with Crippen LogP contribution in [0.15, 0.2) is 53.9 Å². The Morgan fingerprint density at radius 2 is 1.90 bits per heavy atom. The van der Waals surface area contributed by atoms with Gasteiger partial charge in [-0.3, -0.25) is 10.1 Å². The monoisotopic (exact) mass is 428 g/mol. The van der Waals surface area contributed by atoms with Gasteiger partial charge in [0.1, 0.15) is 0 Å². The zero-order valence-corrected chi connectivity index (χ0v) is 17.4. The quantitative estimate of drug-likeness (QED) is 0.512. The standard InChI is InChI=1S/C21H21ClN4O2S/c1-14-3-2-4-17(11-14)24-20(28)26-21-25-18(13-29-21)12-19(27)23-10-9-15-5-7-16(22)8-6-15/h2-8,11,13H,9-10,12H2,1H3,(H,23,27)(H2,24,25,26,28). The molecule has 8 heteroatoms. The van der Waals surface area contributed by atoms with Crippen molar-refractivity contribution in [1.29, 1.82) is 0 Å². The summed E-state index contributed by atoms with van der Waals surface area (Å²) < 4.78 is 0. The Morgan fingerprint density at radius 1 is 1.10 bits per heavy atom. The minimum Gasteiger partial charge on any atom is -0.355 e. The minimum absolute atomic E-state index is 0.111. The Labute approximate surface area is 178 Å². The van der Waals surface area contributed by atoms with E-state index in [1.807, 2.05) is 55.5 Å². The van der Waals surface area contributed by atoms with E-state index in [0.717, 1.165) is 17.5 Å². The molecule has 1 aromatic heterocycles. The summed E-state index contributed by atoms with van der Waals surface area (Å²) in [5.74, 6) is -0.111. The maximum atomic E-state index is 12.1. The number of urea groups is 1. The summed E-state index contributed by atoms with van der Waals surface area (Å²) in [6.07, 6.45) is 0.893. The van der Waals surface area contributed by atoms with Crippen LogP contribution >= 0.6 is 22.9 Å². The van der Waals surface area contributed by atoms with Crippen LogP contribution in [-0.2, 0) is 17.6 Å². The number of aromatic nitrogens is 1. The Kier molecular flexibility index (Phi) is 7.21. The van der Waals surface area contributed by atoms with Crippen molar-refractivity contribution in [2.45, 2.75) is 19.8 Å². The molecule has 2 aromatic carbocycles. The van der Waals surface area contributed by atoms with Crippen LogP contribution in [0.2, 0.25) is 5.02 Å². The van der Waals surface area contributed by atoms with Crippen LogP contribution in [0, 0.1) is 6.92 Å². The Hall–Kier alpha value is -2.90. The minimum atomic E-state index is -0.371. The van der Waals surface area contributed by atoms with Gasteiger partial charge in [0.05, 0.1) is 12.1 Å². The highest BCUT2D eigenvalue weighted by atomic mass is 35.5. The summed E-state index contributed by atoms with van der Waals surface area (Å²) in [6.45, 7) is 2.49. The maximum Gasteiger partial charge on any atom is 0.325 e. The van der Waals surface area contributed by atoms with Crippen LogP contribution in [0.5, 0.6) is 0 Å². The predicted octanol–water partition coefficient (Wildman–Crippen LogP) is 4.65. The van der Waals surface area contributed by atoms with Gasteiger partial charge in [-0.25, -0.2) is 9.78 Å². The lowest BCUT2D eigenvalue weighted by Gasteiger charge is -2.06. The van der Waals surface area contributed by atoms with Crippen molar-refractivity contribution in [3.05, 3.63) is 75.8 Å². The summed E-state index contributed by atoms with van der Waals surface area (Å²) >= 11 is 7.14. The van der Waals surface area contributed by atoms with Gasteiger partial charge in [-0.2, -0.15) is 0 Å². The highest BCUT2D eigenvalue weighted by Gasteiger charge is 2.10. The number of carbonyl (C=O) groups is 2. The average molecular weight is 429 g/mol. The van der Waals surface area contributed by atoms with E-state index in [1.54, 1.807) is 5.38 Å². The lowest BCUT2D eigenvalue weighted by atomic mass is 10.1. The number of hydrogen-bond donors (Lipinski definition) is 3. The smallest absolute Gasteiger partial charge is 0.325 e. The number of thiazole rings is 1. The van der Waals surface area contributed by atoms with Crippen LogP contribution in [0.3, 0.4) is 0 Å². The maximum absolute atomic E-state index is 12.1. The number of carbonyl (C=O) groups excluding carboxylic acids is 2. The van der Waals surface area contributed by atoms with Crippen molar-refractivity contribution >= 4 is 45.7 Å². The number of benzene rings is 2. The molecule has 0 radical (unpaired) electrons. The topological polar surface area (TPSA) is 83.1 Å². The molecule has 0 aliphatic carbocycles. The van der Waals surface area contributed by atoms with Crippen molar-refractivity contribution in [3.8, 4) is 0 Å². The van der Waals surface area contributed by atoms with Gasteiger partial charge < -0.3 is 10.6 Å². The van der Waals surface area contributed by atoms with E-state index in [2.05, 4.69) is 20.9 Å². The first-order chi connectivity index (χ1) is 14.0. The first-order valence-corrected chi connectivity index (χ1v) is 10.3. The molecule has 0 saturated heterocycles. The summed E-state index contributed by atoms with van der Waals surface area (Å²) in [7, 11) is 0. The van der Waals surface area contributed by atoms with E-state index in [-0.39, 0.29) is 18.4 Å². The molecule has 3 N–H and O–H groups in total. The summed E-state index contributed by atoms with van der Waals surface area (Å²) in [6, 6.07) is 14.7. The van der Waals surface area contributed by atoms with Crippen molar-refractivity contribution in [2.24, 2.45) is 0 Å². The van der Waals surface area contributed by atoms with Crippen LogP contribution in [-0.4, -0.2) is 23.5 Å². The lowest BCUT2D eigenvalue weighted by molar-refractivity contribution is -0.120. The largest absolute Gasteiger partial charge is 0.355 e. The first kappa shape index (κ1) is 20.8. The molecule has 1 heterocycles. The second kappa shape index (κ2) is 10.0. The van der Waals surface area contributed by atoms with E-state index >= 15 is 0 Å². The highest BCUT2D eigenvalue weighted by molar-refractivity contribution is 7.14. The van der Waals surface area contributed by atoms with Gasteiger partial charge >= 0.3 is 6.03 Å². The van der Waals surface area contributed by atoms with Gasteiger partial charge in [-0.05, 0) is 48.7 Å². The molecule has 150 valence electrons. The number of nitrogens with one attached hydrogen (secondary N) is 3. The van der Waals surface area contributed by atoms with Crippen LogP contribution in [0.1, 0.15) is 16.8 Å². The number of rotatable bonds is 7. The number of anilines is 2. The molecular formula is C21H21ClN4O2S. The summed E-state index contributed by atoms with van der Waals surface area (Å²) in [5.41, 5.74) is 3.49. The molecule has 3 amide bonds. The predicted molar refractivity (Wildman–Crippen MR) is 118 cm³/mol. The fourth-order valence-corrected chi connectivity index (χ4v) is 3.48. The molecule has 0 bridgehead atoms. The van der Waals surface area contributed by atoms with Gasteiger partial charge in [-0.15, -0.1) is 11.3 Å². The summed E-state index contributed by atoms with van der Waals surface area (Å²) in [4.78, 5) is 28.5. The Bertz CT molecular complexity index is 988. The zero-order valence-electron chi connectivity index (χ0n) is 15.9. The van der Waals surface area contributed by atoms with Crippen LogP contribution < -0.4 is 16.0 Å². The summed E-state index contributed by atoms with van der Waals surface area (Å²) in [5, 5.41) is 11.2. The van der Waals surface area contributed by atoms with Crippen molar-refractivity contribution in [2.75, 3.05) is 17.2 Å². The van der Waals surface area contributed by atoms with Crippen molar-refractivity contribution in [1.82, 2.24) is 10.3 Å². The molecular weight excluding hydrogens is 408 g/mol. The molecule has 0 aliphatic rings. The number of nitrogens with zero attached hydrogens (tertiary/aromatic N) is 1. The lowest BCUT2D eigenvalue weighted by Crippen LogP contribution is -2.27. The molecule has 0 aliphatic heterocycles. The molecule has 0 atom stereocenters. The van der Waals surface area contributed by atoms with Crippen molar-refractivity contribution < 1.29 is 9.59 Å². The second-order valence-electron chi connectivity index (χ2n) is 6.50. The molecule has 3 rings (SSSR count). The Morgan fingerprint density at radius 3 is 2.66 bits per heavy atom. The SMILES string of the molecule is Cc1cccc(NC(=O)Nc2nc(CC(=O)NCCc3ccc(Cl)cc3)cs2)c1. The third kappa shape index (κ3) is 6.89. The normalized spacial score (nSPS) is 10.4. The molecule has 0 spiro atoms. The van der Waals surface area contributed by atoms with E-state index in [0.29, 0.717) is 28.1 Å². The number of hydrogen-bond acceptors (Lipinski definition) is 4. The zero-order chi connectivity index (χ0) is 20.6. The molecule has 29 heavy (non-hydrogen) atoms. The van der Waals surface area contributed by atoms with Crippen LogP contribution in [0.4, 0.5) is 15.6 Å². The molecule has 0 unspecified atom stereocenters. The van der Waals surface area contributed by atoms with Gasteiger partial charge in [0.25, 0.3) is 0 Å². The van der Waals surface area contributed by atoms with Crippen LogP contribution in [0.25, 0.3) is 0 Å². The first-order valence-electron chi connectivity index (χ1n) is 9.08. The number of amides is 3. The van der Waals surface area contributed by atoms with Crippen molar-refractivity contribution in [3.63, 3.8) is 0 Å². The fourth-order valence-electron chi connectivity index (χ4n) is 2.65. The number of halogens is 1. The highest BCUT2D eigenvalue weighted by Crippen LogP contribution is 2.17. The second-order valence-corrected chi connectivity index (χ2v) is 7.79. The fraction of sp³-hybridized carbons (Fsp3) is 0.190.